The highest BCUT2D eigenvalue weighted by Gasteiger charge is 2.32. The normalized spacial score (nSPS) is 15.6. The van der Waals surface area contributed by atoms with Gasteiger partial charge in [0, 0.05) is 6.54 Å². The topological polar surface area (TPSA) is 51.1 Å². The van der Waals surface area contributed by atoms with Crippen molar-refractivity contribution in [1.82, 2.24) is 4.90 Å². The molecule has 0 saturated carbocycles. The van der Waals surface area contributed by atoms with Gasteiger partial charge in [0.05, 0.1) is 22.7 Å². The first kappa shape index (κ1) is 25.8. The molecule has 4 aromatic rings. The number of ether oxygens (including phenoxy) is 2. The van der Waals surface area contributed by atoms with E-state index in [1.54, 1.807) is 42.4 Å². The van der Waals surface area contributed by atoms with E-state index in [1.165, 1.54) is 23.9 Å². The molecule has 0 bridgehead atoms. The van der Waals surface area contributed by atoms with Gasteiger partial charge in [0.25, 0.3) is 5.91 Å². The van der Waals surface area contributed by atoms with Gasteiger partial charge in [0.2, 0.25) is 0 Å². The van der Waals surface area contributed by atoms with E-state index in [2.05, 4.69) is 23.2 Å². The molecule has 1 heterocycles. The third kappa shape index (κ3) is 5.39. The van der Waals surface area contributed by atoms with E-state index < -0.39 is 0 Å². The maximum atomic E-state index is 13.3. The lowest BCUT2D eigenvalue weighted by Crippen LogP contribution is -2.28. The third-order valence-electron chi connectivity index (χ3n) is 6.06. The Bertz CT molecular complexity index is 1560. The Morgan fingerprint density at radius 2 is 1.82 bits per heavy atom. The quantitative estimate of drug-likeness (QED) is 0.221. The first-order chi connectivity index (χ1) is 18.5. The number of amidine groups is 1. The number of nitrogens with zero attached hydrogens (tertiary/aromatic N) is 2. The minimum atomic E-state index is -0.340. The SMILES string of the molecule is CCN1C(=O)/C(=C\c2cc(Cl)c(OCc3cccc4ccccc34)c(OC)c2)SC1=Nc1ccc(F)cc1. The van der Waals surface area contributed by atoms with Crippen LogP contribution in [-0.2, 0) is 11.4 Å². The fourth-order valence-electron chi connectivity index (χ4n) is 4.18. The number of carbonyl (C=O) groups is 1. The van der Waals surface area contributed by atoms with Crippen LogP contribution in [0.25, 0.3) is 16.8 Å². The van der Waals surface area contributed by atoms with Crippen LogP contribution in [0.4, 0.5) is 10.1 Å². The Hall–Kier alpha value is -3.81. The molecule has 1 aliphatic heterocycles. The van der Waals surface area contributed by atoms with E-state index >= 15 is 0 Å². The predicted molar refractivity (Wildman–Crippen MR) is 153 cm³/mol. The highest BCUT2D eigenvalue weighted by molar-refractivity contribution is 8.18. The molecule has 8 heteroatoms. The van der Waals surface area contributed by atoms with E-state index in [0.717, 1.165) is 16.3 Å². The summed E-state index contributed by atoms with van der Waals surface area (Å²) in [6, 6.07) is 23.6. The van der Waals surface area contributed by atoms with Crippen molar-refractivity contribution in [2.75, 3.05) is 13.7 Å². The van der Waals surface area contributed by atoms with Crippen molar-refractivity contribution in [2.24, 2.45) is 4.99 Å². The van der Waals surface area contributed by atoms with Crippen LogP contribution in [0.5, 0.6) is 11.5 Å². The number of hydrogen-bond acceptors (Lipinski definition) is 5. The number of aliphatic imine (C=N–C) groups is 1. The molecule has 0 atom stereocenters. The van der Waals surface area contributed by atoms with Crippen molar-refractivity contribution in [2.45, 2.75) is 13.5 Å². The molecule has 1 fully saturated rings. The lowest BCUT2D eigenvalue weighted by molar-refractivity contribution is -0.122. The number of hydrogen-bond donors (Lipinski definition) is 0. The van der Waals surface area contributed by atoms with Gasteiger partial charge in [-0.15, -0.1) is 0 Å². The predicted octanol–water partition coefficient (Wildman–Crippen LogP) is 7.84. The van der Waals surface area contributed by atoms with E-state index in [4.69, 9.17) is 21.1 Å². The summed E-state index contributed by atoms with van der Waals surface area (Å²) in [7, 11) is 1.55. The fraction of sp³-hybridized carbons (Fsp3) is 0.133. The summed E-state index contributed by atoms with van der Waals surface area (Å²) in [4.78, 5) is 19.7. The summed E-state index contributed by atoms with van der Waals surface area (Å²) >= 11 is 7.89. The van der Waals surface area contributed by atoms with E-state index in [0.29, 0.717) is 51.0 Å². The summed E-state index contributed by atoms with van der Waals surface area (Å²) in [5, 5.41) is 3.15. The fourth-order valence-corrected chi connectivity index (χ4v) is 5.52. The highest BCUT2D eigenvalue weighted by atomic mass is 35.5. The Labute approximate surface area is 229 Å². The Morgan fingerprint density at radius 1 is 1.05 bits per heavy atom. The summed E-state index contributed by atoms with van der Waals surface area (Å²) in [6.07, 6.45) is 1.76. The van der Waals surface area contributed by atoms with Gasteiger partial charge in [-0.2, -0.15) is 0 Å². The van der Waals surface area contributed by atoms with E-state index in [1.807, 2.05) is 31.2 Å². The van der Waals surface area contributed by atoms with Crippen LogP contribution < -0.4 is 9.47 Å². The number of fused-ring (bicyclic) bond motifs is 1. The second-order valence-electron chi connectivity index (χ2n) is 8.49. The summed E-state index contributed by atoms with van der Waals surface area (Å²) in [5.74, 6) is 0.396. The molecular formula is C30H24ClFN2O3S. The zero-order valence-corrected chi connectivity index (χ0v) is 22.4. The average Bonchev–Trinajstić information content (AvgIpc) is 3.22. The molecule has 1 amide bonds. The van der Waals surface area contributed by atoms with Gasteiger partial charge in [-0.25, -0.2) is 9.38 Å². The van der Waals surface area contributed by atoms with Crippen LogP contribution in [0.1, 0.15) is 18.1 Å². The second kappa shape index (κ2) is 11.3. The molecule has 38 heavy (non-hydrogen) atoms. The van der Waals surface area contributed by atoms with Crippen LogP contribution >= 0.6 is 23.4 Å². The minimum Gasteiger partial charge on any atom is -0.493 e. The molecule has 4 aromatic carbocycles. The van der Waals surface area contributed by atoms with Gasteiger partial charge < -0.3 is 9.47 Å². The number of benzene rings is 4. The maximum absolute atomic E-state index is 13.3. The van der Waals surface area contributed by atoms with Crippen molar-refractivity contribution in [1.29, 1.82) is 0 Å². The molecule has 0 aliphatic carbocycles. The first-order valence-corrected chi connectivity index (χ1v) is 13.2. The molecule has 0 N–H and O–H groups in total. The molecule has 5 nitrogen and oxygen atoms in total. The lowest BCUT2D eigenvalue weighted by atomic mass is 10.1. The number of thioether (sulfide) groups is 1. The second-order valence-corrected chi connectivity index (χ2v) is 9.91. The molecule has 192 valence electrons. The molecule has 0 spiro atoms. The number of halogens is 2. The number of carbonyl (C=O) groups excluding carboxylic acids is 1. The molecule has 5 rings (SSSR count). The number of rotatable bonds is 7. The van der Waals surface area contributed by atoms with Gasteiger partial charge >= 0.3 is 0 Å². The summed E-state index contributed by atoms with van der Waals surface area (Å²) < 4.78 is 25.0. The van der Waals surface area contributed by atoms with Crippen molar-refractivity contribution < 1.29 is 18.7 Å². The van der Waals surface area contributed by atoms with Crippen LogP contribution in [0.2, 0.25) is 5.02 Å². The molecule has 0 unspecified atom stereocenters. The Morgan fingerprint density at radius 3 is 2.58 bits per heavy atom. The number of likely N-dealkylation sites (N-methyl/N-ethyl adjacent to an activating group) is 1. The third-order valence-corrected chi connectivity index (χ3v) is 7.34. The van der Waals surface area contributed by atoms with Gasteiger partial charge in [-0.05, 0) is 83.1 Å². The lowest BCUT2D eigenvalue weighted by Gasteiger charge is -2.14. The molecule has 0 radical (unpaired) electrons. The molecular weight excluding hydrogens is 523 g/mol. The maximum Gasteiger partial charge on any atom is 0.266 e. The minimum absolute atomic E-state index is 0.162. The van der Waals surface area contributed by atoms with Crippen molar-refractivity contribution in [3.63, 3.8) is 0 Å². The van der Waals surface area contributed by atoms with Gasteiger partial charge in [-0.1, -0.05) is 54.1 Å². The van der Waals surface area contributed by atoms with Crippen LogP contribution in [0.3, 0.4) is 0 Å². The Kier molecular flexibility index (Phi) is 7.67. The van der Waals surface area contributed by atoms with E-state index in [9.17, 15) is 9.18 Å². The number of methoxy groups -OCH3 is 1. The zero-order valence-electron chi connectivity index (χ0n) is 20.8. The van der Waals surface area contributed by atoms with Crippen LogP contribution in [0.15, 0.2) is 88.8 Å². The standard InChI is InChI=1S/C30H24ClFN2O3S/c1-3-34-29(35)27(38-30(34)33-23-13-11-22(32)12-14-23)17-19-15-25(31)28(26(16-19)36-2)37-18-21-9-6-8-20-7-4-5-10-24(20)21/h4-17H,3,18H2,1-2H3/b27-17+,33-30?. The molecule has 1 saturated heterocycles. The summed E-state index contributed by atoms with van der Waals surface area (Å²) in [5.41, 5.74) is 2.30. The van der Waals surface area contributed by atoms with Crippen molar-refractivity contribution in [3.05, 3.63) is 106 Å². The molecule has 1 aliphatic rings. The van der Waals surface area contributed by atoms with Crippen molar-refractivity contribution >= 4 is 57.0 Å². The summed E-state index contributed by atoms with van der Waals surface area (Å²) in [6.45, 7) is 2.65. The van der Waals surface area contributed by atoms with Crippen LogP contribution in [0, 0.1) is 5.82 Å². The first-order valence-electron chi connectivity index (χ1n) is 12.0. The van der Waals surface area contributed by atoms with Gasteiger partial charge in [-0.3, -0.25) is 9.69 Å². The monoisotopic (exact) mass is 546 g/mol. The van der Waals surface area contributed by atoms with Crippen LogP contribution in [-0.4, -0.2) is 29.6 Å². The molecule has 0 aromatic heterocycles. The van der Waals surface area contributed by atoms with Crippen molar-refractivity contribution in [3.8, 4) is 11.5 Å². The van der Waals surface area contributed by atoms with E-state index in [-0.39, 0.29) is 11.7 Å². The largest absolute Gasteiger partial charge is 0.493 e. The zero-order chi connectivity index (χ0) is 26.6. The Balaban J connectivity index is 1.40. The van der Waals surface area contributed by atoms with Gasteiger partial charge in [0.1, 0.15) is 12.4 Å². The average molecular weight is 547 g/mol. The smallest absolute Gasteiger partial charge is 0.266 e. The number of amides is 1. The highest BCUT2D eigenvalue weighted by Crippen LogP contribution is 2.40. The van der Waals surface area contributed by atoms with Gasteiger partial charge in [0.15, 0.2) is 16.7 Å².